The predicted octanol–water partition coefficient (Wildman–Crippen LogP) is 0.370. The van der Waals surface area contributed by atoms with Crippen molar-refractivity contribution >= 4 is 23.9 Å². The van der Waals surface area contributed by atoms with Crippen molar-refractivity contribution in [2.75, 3.05) is 26.3 Å². The van der Waals surface area contributed by atoms with E-state index in [1.165, 1.54) is 6.92 Å². The summed E-state index contributed by atoms with van der Waals surface area (Å²) in [6.07, 6.45) is -2.44. The Morgan fingerprint density at radius 1 is 0.864 bits per heavy atom. The first-order valence-electron chi connectivity index (χ1n) is 6.99. The van der Waals surface area contributed by atoms with E-state index in [9.17, 15) is 19.2 Å². The summed E-state index contributed by atoms with van der Waals surface area (Å²) in [6, 6.07) is 0. The molecule has 22 heavy (non-hydrogen) atoms. The molecule has 0 bridgehead atoms. The summed E-state index contributed by atoms with van der Waals surface area (Å²) in [5, 5.41) is 4.78. The topological polar surface area (TPSA) is 120 Å². The van der Waals surface area contributed by atoms with Crippen molar-refractivity contribution in [1.29, 1.82) is 0 Å². The number of hydrogen-bond acceptors (Lipinski definition) is 7. The summed E-state index contributed by atoms with van der Waals surface area (Å²) < 4.78 is 14.5. The summed E-state index contributed by atoms with van der Waals surface area (Å²) in [6.45, 7) is 4.95. The lowest BCUT2D eigenvalue weighted by Crippen LogP contribution is -2.37. The second-order valence-corrected chi connectivity index (χ2v) is 4.06. The van der Waals surface area contributed by atoms with Crippen molar-refractivity contribution in [3.63, 3.8) is 0 Å². The molecule has 0 saturated carbocycles. The SMILES string of the molecule is CCNC(=O)OCC(COC(=O)C(=O)CC)OC(=O)NCC. The molecule has 0 rings (SSSR count). The van der Waals surface area contributed by atoms with Gasteiger partial charge in [-0.2, -0.15) is 0 Å². The van der Waals surface area contributed by atoms with Crippen LogP contribution in [0.15, 0.2) is 0 Å². The average Bonchev–Trinajstić information content (AvgIpc) is 2.49. The van der Waals surface area contributed by atoms with E-state index >= 15 is 0 Å². The molecule has 2 N–H and O–H groups in total. The highest BCUT2D eigenvalue weighted by Crippen LogP contribution is 1.99. The van der Waals surface area contributed by atoms with Crippen LogP contribution >= 0.6 is 0 Å². The van der Waals surface area contributed by atoms with Crippen LogP contribution in [-0.2, 0) is 23.8 Å². The second kappa shape index (κ2) is 11.4. The van der Waals surface area contributed by atoms with Gasteiger partial charge in [0.15, 0.2) is 6.10 Å². The maximum atomic E-state index is 11.4. The first-order chi connectivity index (χ1) is 10.4. The smallest absolute Gasteiger partial charge is 0.407 e. The monoisotopic (exact) mass is 318 g/mol. The Kier molecular flexibility index (Phi) is 10.2. The van der Waals surface area contributed by atoms with Gasteiger partial charge in [0.1, 0.15) is 13.2 Å². The third-order valence-electron chi connectivity index (χ3n) is 2.27. The number of Topliss-reactive ketones (excluding diaryl/α,β-unsaturated/α-hetero) is 1. The lowest BCUT2D eigenvalue weighted by Gasteiger charge is -2.18. The maximum absolute atomic E-state index is 11.4. The van der Waals surface area contributed by atoms with E-state index in [2.05, 4.69) is 10.6 Å². The summed E-state index contributed by atoms with van der Waals surface area (Å²) in [5.74, 6) is -1.72. The Labute approximate surface area is 128 Å². The van der Waals surface area contributed by atoms with E-state index < -0.39 is 30.0 Å². The summed E-state index contributed by atoms with van der Waals surface area (Å²) in [4.78, 5) is 45.0. The van der Waals surface area contributed by atoms with E-state index in [1.807, 2.05) is 0 Å². The molecule has 0 aromatic heterocycles. The van der Waals surface area contributed by atoms with Gasteiger partial charge < -0.3 is 24.8 Å². The minimum atomic E-state index is -1.02. The highest BCUT2D eigenvalue weighted by Gasteiger charge is 2.21. The minimum Gasteiger partial charge on any atom is -0.456 e. The van der Waals surface area contributed by atoms with Crippen LogP contribution in [0.3, 0.4) is 0 Å². The van der Waals surface area contributed by atoms with Crippen LogP contribution in [0.5, 0.6) is 0 Å². The van der Waals surface area contributed by atoms with E-state index in [4.69, 9.17) is 14.2 Å². The molecule has 0 aliphatic heterocycles. The predicted molar refractivity (Wildman–Crippen MR) is 75.2 cm³/mol. The van der Waals surface area contributed by atoms with Crippen molar-refractivity contribution in [2.24, 2.45) is 0 Å². The molecule has 0 saturated heterocycles. The van der Waals surface area contributed by atoms with Gasteiger partial charge in [-0.25, -0.2) is 14.4 Å². The van der Waals surface area contributed by atoms with Gasteiger partial charge in [-0.15, -0.1) is 0 Å². The normalized spacial score (nSPS) is 11.0. The molecule has 0 radical (unpaired) electrons. The van der Waals surface area contributed by atoms with Gasteiger partial charge in [-0.3, -0.25) is 4.79 Å². The third kappa shape index (κ3) is 8.77. The molecule has 0 aliphatic carbocycles. The molecule has 0 heterocycles. The molecule has 0 fully saturated rings. The average molecular weight is 318 g/mol. The molecule has 9 nitrogen and oxygen atoms in total. The first-order valence-corrected chi connectivity index (χ1v) is 6.99. The Balaban J connectivity index is 4.44. The number of carbonyl (C=O) groups excluding carboxylic acids is 4. The van der Waals surface area contributed by atoms with Gasteiger partial charge in [0.25, 0.3) is 0 Å². The van der Waals surface area contributed by atoms with Crippen LogP contribution in [0.1, 0.15) is 27.2 Å². The van der Waals surface area contributed by atoms with E-state index in [0.717, 1.165) is 0 Å². The van der Waals surface area contributed by atoms with Gasteiger partial charge in [0.05, 0.1) is 0 Å². The summed E-state index contributed by atoms with van der Waals surface area (Å²) >= 11 is 0. The number of hydrogen-bond donors (Lipinski definition) is 2. The van der Waals surface area contributed by atoms with Crippen LogP contribution < -0.4 is 10.6 Å². The Bertz CT molecular complexity index is 398. The maximum Gasteiger partial charge on any atom is 0.407 e. The largest absolute Gasteiger partial charge is 0.456 e. The molecule has 9 heteroatoms. The molecule has 0 spiro atoms. The van der Waals surface area contributed by atoms with E-state index in [0.29, 0.717) is 13.1 Å². The number of ether oxygens (including phenoxy) is 3. The van der Waals surface area contributed by atoms with E-state index in [1.54, 1.807) is 13.8 Å². The summed E-state index contributed by atoms with van der Waals surface area (Å²) in [7, 11) is 0. The molecule has 0 aromatic carbocycles. The fourth-order valence-electron chi connectivity index (χ4n) is 1.21. The number of rotatable bonds is 9. The molecule has 2 amide bonds. The number of carbonyl (C=O) groups is 4. The lowest BCUT2D eigenvalue weighted by atomic mass is 10.3. The summed E-state index contributed by atoms with van der Waals surface area (Å²) in [5.41, 5.74) is 0. The molecular weight excluding hydrogens is 296 g/mol. The van der Waals surface area contributed by atoms with Crippen molar-refractivity contribution in [3.05, 3.63) is 0 Å². The molecule has 0 aliphatic rings. The van der Waals surface area contributed by atoms with Crippen molar-refractivity contribution < 1.29 is 33.4 Å². The zero-order valence-electron chi connectivity index (χ0n) is 13.0. The molecular formula is C13H22N2O7. The molecule has 1 atom stereocenters. The van der Waals surface area contributed by atoms with Crippen LogP contribution in [-0.4, -0.2) is 56.3 Å². The molecule has 126 valence electrons. The number of esters is 1. The quantitative estimate of drug-likeness (QED) is 0.358. The van der Waals surface area contributed by atoms with E-state index in [-0.39, 0.29) is 19.6 Å². The van der Waals surface area contributed by atoms with Gasteiger partial charge >= 0.3 is 18.2 Å². The van der Waals surface area contributed by atoms with Gasteiger partial charge in [0, 0.05) is 19.5 Å². The van der Waals surface area contributed by atoms with Crippen molar-refractivity contribution in [1.82, 2.24) is 10.6 Å². The zero-order valence-corrected chi connectivity index (χ0v) is 13.0. The highest BCUT2D eigenvalue weighted by atomic mass is 16.6. The Morgan fingerprint density at radius 3 is 1.95 bits per heavy atom. The van der Waals surface area contributed by atoms with Gasteiger partial charge in [0.2, 0.25) is 5.78 Å². The Morgan fingerprint density at radius 2 is 1.41 bits per heavy atom. The first kappa shape index (κ1) is 19.7. The Hall–Kier alpha value is -2.32. The number of nitrogens with one attached hydrogen (secondary N) is 2. The standard InChI is InChI=1S/C13H22N2O7/c1-4-10(16)11(17)20-7-9(22-13(19)15-6-3)8-21-12(18)14-5-2/h9H,4-8H2,1-3H3,(H,14,18)(H,15,19). The van der Waals surface area contributed by atoms with Crippen molar-refractivity contribution in [2.45, 2.75) is 33.3 Å². The third-order valence-corrected chi connectivity index (χ3v) is 2.27. The van der Waals surface area contributed by atoms with Crippen LogP contribution in [0.25, 0.3) is 0 Å². The van der Waals surface area contributed by atoms with Crippen LogP contribution in [0, 0.1) is 0 Å². The number of alkyl carbamates (subject to hydrolysis) is 2. The van der Waals surface area contributed by atoms with Crippen molar-refractivity contribution in [3.8, 4) is 0 Å². The van der Waals surface area contributed by atoms with Crippen LogP contribution in [0.2, 0.25) is 0 Å². The zero-order chi connectivity index (χ0) is 17.0. The fraction of sp³-hybridized carbons (Fsp3) is 0.692. The molecule has 0 aromatic rings. The molecule has 1 unspecified atom stereocenters. The lowest BCUT2D eigenvalue weighted by molar-refractivity contribution is -0.156. The van der Waals surface area contributed by atoms with Crippen LogP contribution in [0.4, 0.5) is 9.59 Å². The van der Waals surface area contributed by atoms with Gasteiger partial charge in [-0.05, 0) is 13.8 Å². The fourth-order valence-corrected chi connectivity index (χ4v) is 1.21. The minimum absolute atomic E-state index is 0.0100. The second-order valence-electron chi connectivity index (χ2n) is 4.06. The number of ketones is 1. The number of amides is 2. The van der Waals surface area contributed by atoms with Gasteiger partial charge in [-0.1, -0.05) is 6.92 Å². The highest BCUT2D eigenvalue weighted by molar-refractivity contribution is 6.33.